The first-order chi connectivity index (χ1) is 12.9. The van der Waals surface area contributed by atoms with Gasteiger partial charge in [-0.1, -0.05) is 12.1 Å². The number of hydrogen-bond acceptors (Lipinski definition) is 6. The molecule has 0 atom stereocenters. The maximum Gasteiger partial charge on any atom is 0.262 e. The van der Waals surface area contributed by atoms with Crippen LogP contribution in [0.15, 0.2) is 41.8 Å². The van der Waals surface area contributed by atoms with Crippen LogP contribution >= 0.6 is 0 Å². The second-order valence-corrected chi connectivity index (χ2v) is 7.97. The summed E-state index contributed by atoms with van der Waals surface area (Å²) in [5.74, 6) is -0.456. The van der Waals surface area contributed by atoms with E-state index in [1.54, 1.807) is 24.3 Å². The molecule has 27 heavy (non-hydrogen) atoms. The van der Waals surface area contributed by atoms with Gasteiger partial charge in [-0.3, -0.25) is 9.59 Å². The molecule has 1 amide bonds. The summed E-state index contributed by atoms with van der Waals surface area (Å²) in [5, 5.41) is 2.58. The number of carbonyl (C=O) groups is 2. The largest absolute Gasteiger partial charge is 0.379 e. The number of sulfonamides is 1. The summed E-state index contributed by atoms with van der Waals surface area (Å²) in [6, 6.07) is 6.60. The third-order valence-electron chi connectivity index (χ3n) is 4.06. The molecule has 2 aromatic rings. The van der Waals surface area contributed by atoms with Crippen LogP contribution in [-0.2, 0) is 26.1 Å². The van der Waals surface area contributed by atoms with Gasteiger partial charge in [0, 0.05) is 30.5 Å². The number of hydrogen-bond donors (Lipinski definition) is 1. The highest BCUT2D eigenvalue weighted by atomic mass is 32.2. The molecular weight excluding hydrogens is 372 g/mol. The lowest BCUT2D eigenvalue weighted by atomic mass is 10.1. The number of imidazole rings is 1. The standard InChI is InChI=1S/C17H20N4O5S/c1-13(22)14-3-2-4-15(9-14)19-16(23)10-20-11-17(18-12-20)27(24,25)21-5-7-26-8-6-21/h2-4,9,11-12H,5-8,10H2,1H3,(H,19,23). The molecule has 1 saturated heterocycles. The van der Waals surface area contributed by atoms with Crippen LogP contribution in [-0.4, -0.2) is 60.3 Å². The van der Waals surface area contributed by atoms with E-state index >= 15 is 0 Å². The van der Waals surface area contributed by atoms with E-state index in [2.05, 4.69) is 10.3 Å². The van der Waals surface area contributed by atoms with Crippen molar-refractivity contribution in [2.45, 2.75) is 18.5 Å². The molecule has 3 rings (SSSR count). The molecule has 0 bridgehead atoms. The number of ether oxygens (including phenoxy) is 1. The van der Waals surface area contributed by atoms with Crippen LogP contribution in [0.4, 0.5) is 5.69 Å². The number of ketones is 1. The van der Waals surface area contributed by atoms with Crippen molar-refractivity contribution in [2.24, 2.45) is 0 Å². The summed E-state index contributed by atoms with van der Waals surface area (Å²) in [4.78, 5) is 27.5. The van der Waals surface area contributed by atoms with Crippen molar-refractivity contribution < 1.29 is 22.7 Å². The van der Waals surface area contributed by atoms with Crippen molar-refractivity contribution in [2.75, 3.05) is 31.6 Å². The topological polar surface area (TPSA) is 111 Å². The third kappa shape index (κ3) is 4.59. The van der Waals surface area contributed by atoms with Crippen molar-refractivity contribution >= 4 is 27.4 Å². The summed E-state index contributed by atoms with van der Waals surface area (Å²) in [7, 11) is -3.70. The van der Waals surface area contributed by atoms with E-state index in [4.69, 9.17) is 4.74 Å². The molecule has 1 N–H and O–H groups in total. The Morgan fingerprint density at radius 2 is 2.00 bits per heavy atom. The molecule has 144 valence electrons. The van der Waals surface area contributed by atoms with Gasteiger partial charge in [0.25, 0.3) is 10.0 Å². The molecule has 0 unspecified atom stereocenters. The summed E-state index contributed by atoms with van der Waals surface area (Å²) in [6.45, 7) is 2.60. The SMILES string of the molecule is CC(=O)c1cccc(NC(=O)Cn2cnc(S(=O)(=O)N3CCOCC3)c2)c1. The van der Waals surface area contributed by atoms with E-state index in [1.165, 1.54) is 28.3 Å². The van der Waals surface area contributed by atoms with E-state index in [9.17, 15) is 18.0 Å². The van der Waals surface area contributed by atoms with Crippen LogP contribution in [0.25, 0.3) is 0 Å². The van der Waals surface area contributed by atoms with E-state index in [-0.39, 0.29) is 36.4 Å². The minimum atomic E-state index is -3.70. The summed E-state index contributed by atoms with van der Waals surface area (Å²) < 4.78 is 33.0. The van der Waals surface area contributed by atoms with Gasteiger partial charge in [-0.2, -0.15) is 4.31 Å². The molecule has 9 nitrogen and oxygen atoms in total. The van der Waals surface area contributed by atoms with E-state index in [1.807, 2.05) is 0 Å². The van der Waals surface area contributed by atoms with Crippen molar-refractivity contribution in [3.05, 3.63) is 42.4 Å². The Morgan fingerprint density at radius 3 is 2.70 bits per heavy atom. The van der Waals surface area contributed by atoms with Crippen LogP contribution in [0.1, 0.15) is 17.3 Å². The van der Waals surface area contributed by atoms with E-state index in [0.29, 0.717) is 24.5 Å². The van der Waals surface area contributed by atoms with Gasteiger partial charge >= 0.3 is 0 Å². The van der Waals surface area contributed by atoms with Crippen LogP contribution in [0.3, 0.4) is 0 Å². The number of carbonyl (C=O) groups excluding carboxylic acids is 2. The average molecular weight is 392 g/mol. The Bertz CT molecular complexity index is 948. The first kappa shape index (κ1) is 19.2. The maximum absolute atomic E-state index is 12.5. The number of morpholine rings is 1. The normalized spacial score (nSPS) is 15.4. The first-order valence-corrected chi connectivity index (χ1v) is 9.81. The van der Waals surface area contributed by atoms with Crippen molar-refractivity contribution in [3.8, 4) is 0 Å². The predicted molar refractivity (Wildman–Crippen MR) is 96.9 cm³/mol. The number of nitrogens with zero attached hydrogens (tertiary/aromatic N) is 3. The van der Waals surface area contributed by atoms with Gasteiger partial charge in [-0.05, 0) is 19.1 Å². The van der Waals surface area contributed by atoms with Crippen LogP contribution in [0.2, 0.25) is 0 Å². The molecule has 0 saturated carbocycles. The lowest BCUT2D eigenvalue weighted by molar-refractivity contribution is -0.116. The average Bonchev–Trinajstić information content (AvgIpc) is 3.11. The van der Waals surface area contributed by atoms with Crippen LogP contribution in [0, 0.1) is 0 Å². The number of aromatic nitrogens is 2. The Balaban J connectivity index is 1.66. The summed E-state index contributed by atoms with van der Waals surface area (Å²) in [6.07, 6.45) is 2.63. The highest BCUT2D eigenvalue weighted by Gasteiger charge is 2.28. The lowest BCUT2D eigenvalue weighted by Crippen LogP contribution is -2.40. The smallest absolute Gasteiger partial charge is 0.262 e. The van der Waals surface area contributed by atoms with Crippen LogP contribution < -0.4 is 5.32 Å². The van der Waals surface area contributed by atoms with Crippen molar-refractivity contribution in [1.82, 2.24) is 13.9 Å². The van der Waals surface area contributed by atoms with Gasteiger partial charge in [0.1, 0.15) is 6.54 Å². The Hall–Kier alpha value is -2.56. The fraction of sp³-hybridized carbons (Fsp3) is 0.353. The Labute approximate surface area is 157 Å². The van der Waals surface area contributed by atoms with E-state index in [0.717, 1.165) is 0 Å². The molecule has 2 heterocycles. The van der Waals surface area contributed by atoms with Gasteiger partial charge in [-0.25, -0.2) is 13.4 Å². The fourth-order valence-electron chi connectivity index (χ4n) is 2.66. The summed E-state index contributed by atoms with van der Waals surface area (Å²) in [5.41, 5.74) is 0.989. The zero-order valence-corrected chi connectivity index (χ0v) is 15.6. The second-order valence-electron chi connectivity index (χ2n) is 6.09. The molecule has 1 aliphatic heterocycles. The Kier molecular flexibility index (Phi) is 5.68. The summed E-state index contributed by atoms with van der Waals surface area (Å²) >= 11 is 0. The molecule has 1 fully saturated rings. The van der Waals surface area contributed by atoms with E-state index < -0.39 is 10.0 Å². The molecule has 0 radical (unpaired) electrons. The first-order valence-electron chi connectivity index (χ1n) is 8.37. The van der Waals surface area contributed by atoms with Gasteiger partial charge in [0.2, 0.25) is 5.91 Å². The quantitative estimate of drug-likeness (QED) is 0.726. The molecule has 10 heteroatoms. The van der Waals surface area contributed by atoms with Crippen LogP contribution in [0.5, 0.6) is 0 Å². The number of Topliss-reactive ketones (excluding diaryl/α,β-unsaturated/α-hetero) is 1. The molecule has 1 aliphatic rings. The number of amides is 1. The monoisotopic (exact) mass is 392 g/mol. The van der Waals surface area contributed by atoms with Crippen molar-refractivity contribution in [1.29, 1.82) is 0 Å². The zero-order valence-electron chi connectivity index (χ0n) is 14.8. The lowest BCUT2D eigenvalue weighted by Gasteiger charge is -2.24. The highest BCUT2D eigenvalue weighted by Crippen LogP contribution is 2.15. The van der Waals surface area contributed by atoms with Gasteiger partial charge in [0.15, 0.2) is 10.8 Å². The second kappa shape index (κ2) is 7.99. The number of nitrogens with one attached hydrogen (secondary N) is 1. The molecule has 1 aromatic heterocycles. The highest BCUT2D eigenvalue weighted by molar-refractivity contribution is 7.89. The minimum absolute atomic E-state index is 0.0985. The maximum atomic E-state index is 12.5. The predicted octanol–water partition coefficient (Wildman–Crippen LogP) is 0.745. The van der Waals surface area contributed by atoms with Gasteiger partial charge in [-0.15, -0.1) is 0 Å². The molecule has 0 spiro atoms. The third-order valence-corrected chi connectivity index (χ3v) is 5.85. The van der Waals surface area contributed by atoms with Gasteiger partial charge in [0.05, 0.1) is 19.5 Å². The van der Waals surface area contributed by atoms with Gasteiger partial charge < -0.3 is 14.6 Å². The molecule has 1 aromatic carbocycles. The minimum Gasteiger partial charge on any atom is -0.379 e. The number of rotatable bonds is 6. The molecule has 0 aliphatic carbocycles. The Morgan fingerprint density at radius 1 is 1.26 bits per heavy atom. The number of benzene rings is 1. The van der Waals surface area contributed by atoms with Crippen molar-refractivity contribution in [3.63, 3.8) is 0 Å². The molecular formula is C17H20N4O5S. The zero-order chi connectivity index (χ0) is 19.4. The fourth-order valence-corrected chi connectivity index (χ4v) is 4.00. The number of anilines is 1.